The Labute approximate surface area is 109 Å². The molecule has 0 spiro atoms. The van der Waals surface area contributed by atoms with Gasteiger partial charge in [-0.3, -0.25) is 4.98 Å². The number of fused-ring (bicyclic) bond motifs is 1. The number of hydrogen-bond donors (Lipinski definition) is 2. The number of aromatic amines is 1. The zero-order valence-electron chi connectivity index (χ0n) is 10.6. The van der Waals surface area contributed by atoms with E-state index in [1.54, 1.807) is 19.2 Å². The van der Waals surface area contributed by atoms with Crippen molar-refractivity contribution < 1.29 is 18.6 Å². The molecule has 1 heterocycles. The molecule has 19 heavy (non-hydrogen) atoms. The Hall–Kier alpha value is -1.99. The highest BCUT2D eigenvalue weighted by Crippen LogP contribution is 2.26. The third-order valence-corrected chi connectivity index (χ3v) is 2.47. The Bertz CT molecular complexity index is 589. The van der Waals surface area contributed by atoms with Crippen molar-refractivity contribution in [3.63, 3.8) is 0 Å². The lowest BCUT2D eigenvalue weighted by Crippen LogP contribution is -2.10. The van der Waals surface area contributed by atoms with Crippen LogP contribution in [-0.2, 0) is 9.47 Å². The second kappa shape index (κ2) is 6.26. The lowest BCUT2D eigenvalue weighted by Gasteiger charge is -2.09. The van der Waals surface area contributed by atoms with Crippen molar-refractivity contribution in [2.24, 2.45) is 0 Å². The first-order valence-corrected chi connectivity index (χ1v) is 5.82. The molecule has 104 valence electrons. The van der Waals surface area contributed by atoms with Crippen LogP contribution in [0.2, 0.25) is 0 Å². The molecule has 1 aromatic heterocycles. The van der Waals surface area contributed by atoms with E-state index in [0.717, 1.165) is 0 Å². The number of H-pyrrole nitrogens is 1. The van der Waals surface area contributed by atoms with E-state index < -0.39 is 5.76 Å². The summed E-state index contributed by atoms with van der Waals surface area (Å²) >= 11 is 0. The fraction of sp³-hybridized carbons (Fsp3) is 0.417. The van der Waals surface area contributed by atoms with Gasteiger partial charge in [-0.15, -0.1) is 0 Å². The molecule has 0 atom stereocenters. The summed E-state index contributed by atoms with van der Waals surface area (Å²) in [7, 11) is 1.61. The second-order valence-corrected chi connectivity index (χ2v) is 3.85. The largest absolute Gasteiger partial charge is 0.489 e. The van der Waals surface area contributed by atoms with E-state index in [-0.39, 0.29) is 0 Å². The number of nitrogen functional groups attached to an aromatic ring is 1. The molecule has 0 aliphatic rings. The SMILES string of the molecule is COCCOCCOc1cc2[nH]c(=O)oc2cc1N. The van der Waals surface area contributed by atoms with Crippen LogP contribution in [0.3, 0.4) is 0 Å². The number of ether oxygens (including phenoxy) is 3. The van der Waals surface area contributed by atoms with E-state index >= 15 is 0 Å². The number of aromatic nitrogens is 1. The minimum atomic E-state index is -0.519. The standard InChI is InChI=1S/C12H16N2O5/c1-16-2-3-17-4-5-18-10-7-9-11(6-8(10)13)19-12(15)14-9/h6-7H,2-5,13H2,1H3,(H,14,15). The average Bonchev–Trinajstić information content (AvgIpc) is 2.72. The maximum absolute atomic E-state index is 11.0. The second-order valence-electron chi connectivity index (χ2n) is 3.85. The maximum Gasteiger partial charge on any atom is 0.417 e. The summed E-state index contributed by atoms with van der Waals surface area (Å²) in [6, 6.07) is 3.18. The van der Waals surface area contributed by atoms with Crippen LogP contribution < -0.4 is 16.2 Å². The highest BCUT2D eigenvalue weighted by Gasteiger charge is 2.07. The van der Waals surface area contributed by atoms with Gasteiger partial charge in [0.2, 0.25) is 0 Å². The number of rotatable bonds is 7. The average molecular weight is 268 g/mol. The van der Waals surface area contributed by atoms with Gasteiger partial charge >= 0.3 is 5.76 Å². The number of anilines is 1. The van der Waals surface area contributed by atoms with Crippen LogP contribution in [0.15, 0.2) is 21.3 Å². The third-order valence-electron chi connectivity index (χ3n) is 2.47. The van der Waals surface area contributed by atoms with Crippen LogP contribution in [0.5, 0.6) is 5.75 Å². The number of nitrogens with one attached hydrogen (secondary N) is 1. The molecule has 0 radical (unpaired) electrons. The Balaban J connectivity index is 1.92. The molecule has 0 fully saturated rings. The molecule has 0 saturated heterocycles. The summed E-state index contributed by atoms with van der Waals surface area (Å²) in [5.41, 5.74) is 7.16. The summed E-state index contributed by atoms with van der Waals surface area (Å²) in [5, 5.41) is 0. The molecule has 0 aliphatic carbocycles. The molecule has 3 N–H and O–H groups in total. The summed E-state index contributed by atoms with van der Waals surface area (Å²) in [6.07, 6.45) is 0. The van der Waals surface area contributed by atoms with Crippen molar-refractivity contribution in [2.75, 3.05) is 39.3 Å². The topological polar surface area (TPSA) is 99.7 Å². The van der Waals surface area contributed by atoms with Gasteiger partial charge in [-0.05, 0) is 0 Å². The van der Waals surface area contributed by atoms with E-state index in [2.05, 4.69) is 4.98 Å². The smallest absolute Gasteiger partial charge is 0.417 e. The van der Waals surface area contributed by atoms with Crippen LogP contribution in [0.1, 0.15) is 0 Å². The van der Waals surface area contributed by atoms with Crippen molar-refractivity contribution in [1.82, 2.24) is 4.98 Å². The van der Waals surface area contributed by atoms with Crippen molar-refractivity contribution in [3.8, 4) is 5.75 Å². The van der Waals surface area contributed by atoms with Gasteiger partial charge in [-0.2, -0.15) is 0 Å². The predicted octanol–water partition coefficient (Wildman–Crippen LogP) is 0.745. The van der Waals surface area contributed by atoms with E-state index in [4.69, 9.17) is 24.4 Å². The number of nitrogens with two attached hydrogens (primary N) is 1. The Morgan fingerprint density at radius 2 is 2.05 bits per heavy atom. The zero-order valence-corrected chi connectivity index (χ0v) is 10.6. The highest BCUT2D eigenvalue weighted by atomic mass is 16.5. The van der Waals surface area contributed by atoms with E-state index in [0.29, 0.717) is 49.0 Å². The summed E-state index contributed by atoms with van der Waals surface area (Å²) in [4.78, 5) is 13.6. The Morgan fingerprint density at radius 3 is 2.84 bits per heavy atom. The molecule has 1 aromatic carbocycles. The van der Waals surface area contributed by atoms with Gasteiger partial charge in [0.1, 0.15) is 12.4 Å². The molecule has 0 amide bonds. The van der Waals surface area contributed by atoms with Crippen LogP contribution in [0, 0.1) is 0 Å². The van der Waals surface area contributed by atoms with Gasteiger partial charge in [0.15, 0.2) is 5.58 Å². The maximum atomic E-state index is 11.0. The Morgan fingerprint density at radius 1 is 1.26 bits per heavy atom. The normalized spacial score (nSPS) is 11.0. The van der Waals surface area contributed by atoms with E-state index in [1.807, 2.05) is 0 Å². The van der Waals surface area contributed by atoms with Gasteiger partial charge in [-0.25, -0.2) is 4.79 Å². The lowest BCUT2D eigenvalue weighted by atomic mass is 10.2. The van der Waals surface area contributed by atoms with Gasteiger partial charge in [-0.1, -0.05) is 0 Å². The number of benzene rings is 1. The number of hydrogen-bond acceptors (Lipinski definition) is 6. The van der Waals surface area contributed by atoms with Gasteiger partial charge in [0, 0.05) is 19.2 Å². The quantitative estimate of drug-likeness (QED) is 0.567. The molecule has 7 heteroatoms. The first kappa shape index (κ1) is 13.4. The van der Waals surface area contributed by atoms with Crippen LogP contribution in [0.4, 0.5) is 5.69 Å². The van der Waals surface area contributed by atoms with Gasteiger partial charge < -0.3 is 24.4 Å². The highest BCUT2D eigenvalue weighted by molar-refractivity contribution is 5.80. The lowest BCUT2D eigenvalue weighted by molar-refractivity contribution is 0.0545. The van der Waals surface area contributed by atoms with E-state index in [9.17, 15) is 4.79 Å². The third kappa shape index (κ3) is 3.49. The summed E-state index contributed by atoms with van der Waals surface area (Å²) in [6.45, 7) is 1.86. The minimum Gasteiger partial charge on any atom is -0.489 e. The molecule has 0 bridgehead atoms. The summed E-state index contributed by atoms with van der Waals surface area (Å²) < 4.78 is 20.5. The number of oxazole rings is 1. The molecule has 7 nitrogen and oxygen atoms in total. The van der Waals surface area contributed by atoms with Crippen LogP contribution in [-0.4, -0.2) is 38.5 Å². The molecular formula is C12H16N2O5. The molecule has 2 rings (SSSR count). The minimum absolute atomic E-state index is 0.363. The predicted molar refractivity (Wildman–Crippen MR) is 69.4 cm³/mol. The molecule has 0 unspecified atom stereocenters. The molecule has 2 aromatic rings. The fourth-order valence-corrected chi connectivity index (χ4v) is 1.57. The van der Waals surface area contributed by atoms with Crippen LogP contribution >= 0.6 is 0 Å². The Kier molecular flexibility index (Phi) is 4.43. The van der Waals surface area contributed by atoms with Crippen molar-refractivity contribution in [1.29, 1.82) is 0 Å². The molecule has 0 aliphatic heterocycles. The summed E-state index contributed by atoms with van der Waals surface area (Å²) in [5.74, 6) is -0.0330. The fourth-order valence-electron chi connectivity index (χ4n) is 1.57. The van der Waals surface area contributed by atoms with Crippen molar-refractivity contribution in [3.05, 3.63) is 22.7 Å². The first-order valence-electron chi connectivity index (χ1n) is 5.82. The first-order chi connectivity index (χ1) is 9.20. The van der Waals surface area contributed by atoms with Gasteiger partial charge in [0.05, 0.1) is 31.0 Å². The monoisotopic (exact) mass is 268 g/mol. The van der Waals surface area contributed by atoms with E-state index in [1.165, 1.54) is 0 Å². The molecule has 0 saturated carbocycles. The van der Waals surface area contributed by atoms with Crippen LogP contribution in [0.25, 0.3) is 11.1 Å². The van der Waals surface area contributed by atoms with Gasteiger partial charge in [0.25, 0.3) is 0 Å². The number of methoxy groups -OCH3 is 1. The van der Waals surface area contributed by atoms with Crippen molar-refractivity contribution in [2.45, 2.75) is 0 Å². The van der Waals surface area contributed by atoms with Crippen molar-refractivity contribution >= 4 is 16.8 Å². The molecular weight excluding hydrogens is 252 g/mol. The zero-order chi connectivity index (χ0) is 13.7.